The molecule has 0 amide bonds. The van der Waals surface area contributed by atoms with Crippen LogP contribution in [-0.4, -0.2) is 21.5 Å². The summed E-state index contributed by atoms with van der Waals surface area (Å²) < 4.78 is 2.98. The maximum Gasteiger partial charge on any atom is 0.179 e. The highest BCUT2D eigenvalue weighted by atomic mass is 79.9. The molecule has 0 saturated carbocycles. The number of aliphatic imine (C=N–C) groups is 2. The molecule has 5 aromatic rings. The third-order valence-corrected chi connectivity index (χ3v) is 7.92. The molecule has 4 aromatic carbocycles. The van der Waals surface area contributed by atoms with Gasteiger partial charge in [-0.1, -0.05) is 76.1 Å². The minimum Gasteiger partial charge on any atom is -0.335 e. The number of para-hydroxylation sites is 3. The predicted molar refractivity (Wildman–Crippen MR) is 167 cm³/mol. The van der Waals surface area contributed by atoms with Crippen molar-refractivity contribution in [3.63, 3.8) is 0 Å². The summed E-state index contributed by atoms with van der Waals surface area (Å²) in [5, 5.41) is 8.62. The van der Waals surface area contributed by atoms with Gasteiger partial charge in [-0.05, 0) is 74.4 Å². The summed E-state index contributed by atoms with van der Waals surface area (Å²) in [6.45, 7) is 6.27. The smallest absolute Gasteiger partial charge is 0.179 e. The Labute approximate surface area is 241 Å². The molecule has 1 N–H and O–H groups in total. The van der Waals surface area contributed by atoms with Crippen LogP contribution in [-0.2, 0) is 0 Å². The van der Waals surface area contributed by atoms with E-state index in [0.29, 0.717) is 5.84 Å². The zero-order valence-electron chi connectivity index (χ0n) is 22.4. The molecule has 0 aliphatic carbocycles. The number of anilines is 2. The molecular formula is C33H27BrN6. The number of rotatable bonds is 3. The van der Waals surface area contributed by atoms with Crippen LogP contribution < -0.4 is 10.2 Å². The maximum absolute atomic E-state index is 5.32. The zero-order chi connectivity index (χ0) is 27.4. The third-order valence-electron chi connectivity index (χ3n) is 7.43. The average Bonchev–Trinajstić information content (AvgIpc) is 3.30. The molecule has 0 unspecified atom stereocenters. The van der Waals surface area contributed by atoms with E-state index < -0.39 is 0 Å². The number of aryl methyl sites for hydroxylation is 3. The summed E-state index contributed by atoms with van der Waals surface area (Å²) in [6.07, 6.45) is 0. The molecule has 6 nitrogen and oxygen atoms in total. The molecule has 2 aliphatic rings. The number of halogens is 1. The highest BCUT2D eigenvalue weighted by Gasteiger charge is 2.41. The molecule has 1 aromatic heterocycles. The minimum atomic E-state index is -0.162. The van der Waals surface area contributed by atoms with E-state index in [1.165, 1.54) is 5.56 Å². The fourth-order valence-corrected chi connectivity index (χ4v) is 6.04. The van der Waals surface area contributed by atoms with E-state index in [1.54, 1.807) is 0 Å². The van der Waals surface area contributed by atoms with E-state index in [-0.39, 0.29) is 6.04 Å². The SMILES string of the molecule is Cc1ccc(N=C2Nc3ccccc3N3C2=Nc2c(c(C)nn2-c2ccccc2)[C@@H]3c2cccc(Br)c2)c(C)c1. The largest absolute Gasteiger partial charge is 0.335 e. The first-order valence-electron chi connectivity index (χ1n) is 13.3. The lowest BCUT2D eigenvalue weighted by Crippen LogP contribution is -2.48. The van der Waals surface area contributed by atoms with Gasteiger partial charge >= 0.3 is 0 Å². The number of benzene rings is 4. The van der Waals surface area contributed by atoms with Crippen LogP contribution in [0.3, 0.4) is 0 Å². The van der Waals surface area contributed by atoms with Gasteiger partial charge < -0.3 is 10.2 Å². The van der Waals surface area contributed by atoms with Crippen LogP contribution in [0, 0.1) is 20.8 Å². The number of fused-ring (bicyclic) bond motifs is 4. The molecule has 0 radical (unpaired) electrons. The third kappa shape index (κ3) is 4.05. The zero-order valence-corrected chi connectivity index (χ0v) is 24.0. The quantitative estimate of drug-likeness (QED) is 0.231. The fourth-order valence-electron chi connectivity index (χ4n) is 5.62. The molecule has 0 bridgehead atoms. The summed E-state index contributed by atoms with van der Waals surface area (Å²) in [5.74, 6) is 2.28. The Morgan fingerprint density at radius 2 is 1.65 bits per heavy atom. The Balaban J connectivity index is 1.54. The lowest BCUT2D eigenvalue weighted by Gasteiger charge is -2.42. The van der Waals surface area contributed by atoms with Gasteiger partial charge in [-0.25, -0.2) is 14.7 Å². The molecule has 2 aliphatic heterocycles. The number of nitrogens with one attached hydrogen (secondary N) is 1. The average molecular weight is 588 g/mol. The standard InChI is InChI=1S/C33H27BrN6/c1-20-16-17-26(21(2)18-20)35-31-33-37-32-29(22(3)38-40(32)25-12-5-4-6-13-25)30(23-10-9-11-24(34)19-23)39(33)28-15-8-7-14-27(28)36-31/h4-19,30H,1-3H3,(H,35,36)/t30-/m0/s1. The van der Waals surface area contributed by atoms with Gasteiger partial charge in [0.15, 0.2) is 17.5 Å². The Morgan fingerprint density at radius 1 is 0.850 bits per heavy atom. The van der Waals surface area contributed by atoms with Crippen LogP contribution in [0.4, 0.5) is 22.9 Å². The van der Waals surface area contributed by atoms with Crippen LogP contribution in [0.5, 0.6) is 0 Å². The highest BCUT2D eigenvalue weighted by molar-refractivity contribution is 9.10. The second-order valence-corrected chi connectivity index (χ2v) is 11.1. The molecule has 0 saturated heterocycles. The van der Waals surface area contributed by atoms with Gasteiger partial charge in [0, 0.05) is 10.0 Å². The minimum absolute atomic E-state index is 0.162. The second kappa shape index (κ2) is 9.61. The molecule has 3 heterocycles. The Bertz CT molecular complexity index is 1840. The molecule has 0 spiro atoms. The molecule has 40 heavy (non-hydrogen) atoms. The molecule has 1 atom stereocenters. The van der Waals surface area contributed by atoms with Gasteiger partial charge in [-0.3, -0.25) is 0 Å². The lowest BCUT2D eigenvalue weighted by atomic mass is 9.93. The van der Waals surface area contributed by atoms with Gasteiger partial charge in [-0.15, -0.1) is 0 Å². The second-order valence-electron chi connectivity index (χ2n) is 10.2. The van der Waals surface area contributed by atoms with Crippen molar-refractivity contribution >= 4 is 50.5 Å². The number of hydrogen-bond acceptors (Lipinski definition) is 4. The summed E-state index contributed by atoms with van der Waals surface area (Å²) in [7, 11) is 0. The van der Waals surface area contributed by atoms with E-state index in [9.17, 15) is 0 Å². The molecule has 196 valence electrons. The predicted octanol–water partition coefficient (Wildman–Crippen LogP) is 8.36. The number of nitrogens with zero attached hydrogens (tertiary/aromatic N) is 5. The van der Waals surface area contributed by atoms with Crippen LogP contribution >= 0.6 is 15.9 Å². The monoisotopic (exact) mass is 586 g/mol. The van der Waals surface area contributed by atoms with Crippen molar-refractivity contribution in [2.75, 3.05) is 10.2 Å². The van der Waals surface area contributed by atoms with Crippen LogP contribution in [0.2, 0.25) is 0 Å². The Kier molecular flexibility index (Phi) is 5.90. The van der Waals surface area contributed by atoms with Gasteiger partial charge in [0.25, 0.3) is 0 Å². The van der Waals surface area contributed by atoms with Crippen LogP contribution in [0.15, 0.2) is 112 Å². The van der Waals surface area contributed by atoms with Crippen molar-refractivity contribution in [2.24, 2.45) is 9.98 Å². The maximum atomic E-state index is 5.32. The van der Waals surface area contributed by atoms with E-state index in [0.717, 1.165) is 61.3 Å². The van der Waals surface area contributed by atoms with Crippen molar-refractivity contribution in [1.82, 2.24) is 9.78 Å². The molecule has 7 heteroatoms. The number of amidine groups is 2. The van der Waals surface area contributed by atoms with Gasteiger partial charge in [0.2, 0.25) is 0 Å². The summed E-state index contributed by atoms with van der Waals surface area (Å²) in [6, 6.07) is 33.2. The topological polar surface area (TPSA) is 57.8 Å². The van der Waals surface area contributed by atoms with Crippen molar-refractivity contribution < 1.29 is 0 Å². The van der Waals surface area contributed by atoms with Gasteiger partial charge in [0.05, 0.1) is 34.5 Å². The summed E-state index contributed by atoms with van der Waals surface area (Å²) >= 11 is 3.71. The van der Waals surface area contributed by atoms with Gasteiger partial charge in [0.1, 0.15) is 0 Å². The van der Waals surface area contributed by atoms with Crippen LogP contribution in [0.25, 0.3) is 5.69 Å². The fraction of sp³-hybridized carbons (Fsp3) is 0.121. The Morgan fingerprint density at radius 3 is 2.45 bits per heavy atom. The highest BCUT2D eigenvalue weighted by Crippen LogP contribution is 2.48. The molecular weight excluding hydrogens is 560 g/mol. The first-order chi connectivity index (χ1) is 19.5. The Hall–Kier alpha value is -4.49. The van der Waals surface area contributed by atoms with E-state index in [2.05, 4.69) is 120 Å². The molecule has 0 fully saturated rings. The number of aromatic nitrogens is 2. The van der Waals surface area contributed by atoms with Crippen molar-refractivity contribution in [3.05, 3.63) is 129 Å². The first kappa shape index (κ1) is 24.5. The van der Waals surface area contributed by atoms with Crippen molar-refractivity contribution in [1.29, 1.82) is 0 Å². The van der Waals surface area contributed by atoms with E-state index in [1.807, 2.05) is 28.9 Å². The van der Waals surface area contributed by atoms with E-state index in [4.69, 9.17) is 15.1 Å². The molecule has 7 rings (SSSR count). The number of hydrogen-bond donors (Lipinski definition) is 1. The van der Waals surface area contributed by atoms with Crippen LogP contribution in [0.1, 0.15) is 34.0 Å². The van der Waals surface area contributed by atoms with Crippen molar-refractivity contribution in [2.45, 2.75) is 26.8 Å². The van der Waals surface area contributed by atoms with Gasteiger partial charge in [-0.2, -0.15) is 5.10 Å². The van der Waals surface area contributed by atoms with E-state index >= 15 is 0 Å². The lowest BCUT2D eigenvalue weighted by molar-refractivity contribution is 0.815. The first-order valence-corrected chi connectivity index (χ1v) is 14.1. The normalized spacial score (nSPS) is 16.6. The summed E-state index contributed by atoms with van der Waals surface area (Å²) in [4.78, 5) is 12.8. The van der Waals surface area contributed by atoms with Crippen molar-refractivity contribution in [3.8, 4) is 5.69 Å². The summed E-state index contributed by atoms with van der Waals surface area (Å²) in [5.41, 5.74) is 9.39.